The van der Waals surface area contributed by atoms with Crippen molar-refractivity contribution < 1.29 is 14.7 Å². The van der Waals surface area contributed by atoms with E-state index in [1.807, 2.05) is 6.92 Å². The summed E-state index contributed by atoms with van der Waals surface area (Å²) in [5.74, 6) is -1.20. The van der Waals surface area contributed by atoms with Gasteiger partial charge in [0.1, 0.15) is 0 Å². The molecule has 0 aromatic heterocycles. The van der Waals surface area contributed by atoms with Gasteiger partial charge in [0.15, 0.2) is 0 Å². The molecule has 2 rings (SSSR count). The van der Waals surface area contributed by atoms with Gasteiger partial charge in [-0.3, -0.25) is 4.79 Å². The number of carboxylic acid groups (broad SMARTS) is 1. The van der Waals surface area contributed by atoms with E-state index >= 15 is 0 Å². The predicted molar refractivity (Wildman–Crippen MR) is 73.2 cm³/mol. The van der Waals surface area contributed by atoms with Crippen molar-refractivity contribution in [1.29, 1.82) is 0 Å². The van der Waals surface area contributed by atoms with Gasteiger partial charge in [0.05, 0.1) is 0 Å². The van der Waals surface area contributed by atoms with Crippen molar-refractivity contribution in [2.24, 2.45) is 0 Å². The molecule has 100 valence electrons. The number of carbonyl (C=O) groups is 2. The highest BCUT2D eigenvalue weighted by Gasteiger charge is 2.38. The summed E-state index contributed by atoms with van der Waals surface area (Å²) in [4.78, 5) is 22.4. The van der Waals surface area contributed by atoms with E-state index in [0.29, 0.717) is 16.1 Å². The molecule has 1 aromatic rings. The first-order valence-electron chi connectivity index (χ1n) is 5.93. The van der Waals surface area contributed by atoms with E-state index < -0.39 is 5.97 Å². The lowest BCUT2D eigenvalue weighted by molar-refractivity contribution is -0.131. The summed E-state index contributed by atoms with van der Waals surface area (Å²) in [6, 6.07) is 4.81. The van der Waals surface area contributed by atoms with Gasteiger partial charge in [0, 0.05) is 22.2 Å². The fourth-order valence-electron chi connectivity index (χ4n) is 1.62. The molecule has 0 saturated heterocycles. The molecule has 2 N–H and O–H groups in total. The molecule has 1 aliphatic carbocycles. The third kappa shape index (κ3) is 3.58. The van der Waals surface area contributed by atoms with E-state index in [9.17, 15) is 9.59 Å². The smallest absolute Gasteiger partial charge is 0.328 e. The van der Waals surface area contributed by atoms with Crippen LogP contribution in [0.2, 0.25) is 5.02 Å². The maximum atomic E-state index is 11.9. The number of hydrogen-bond acceptors (Lipinski definition) is 2. The van der Waals surface area contributed by atoms with Gasteiger partial charge in [-0.2, -0.15) is 0 Å². The molecule has 0 aliphatic heterocycles. The Bertz CT molecular complexity index is 562. The van der Waals surface area contributed by atoms with E-state index in [0.717, 1.165) is 18.9 Å². The molecular weight excluding hydrogens is 266 g/mol. The standard InChI is InChI=1S/C14H14ClNO3/c1-14(6-7-14)16-13(19)10-3-2-9(11(15)8-10)4-5-12(17)18/h2-5,8H,6-7H2,1H3,(H,16,19)(H,17,18)/b5-4+. The first-order chi connectivity index (χ1) is 8.89. The average molecular weight is 280 g/mol. The third-order valence-electron chi connectivity index (χ3n) is 3.08. The molecule has 1 fully saturated rings. The zero-order chi connectivity index (χ0) is 14.0. The van der Waals surface area contributed by atoms with Crippen LogP contribution >= 0.6 is 11.6 Å². The highest BCUT2D eigenvalue weighted by Crippen LogP contribution is 2.34. The number of carboxylic acids is 1. The lowest BCUT2D eigenvalue weighted by Gasteiger charge is -2.11. The van der Waals surface area contributed by atoms with Gasteiger partial charge in [-0.15, -0.1) is 0 Å². The van der Waals surface area contributed by atoms with Crippen molar-refractivity contribution in [3.63, 3.8) is 0 Å². The van der Waals surface area contributed by atoms with Gasteiger partial charge in [-0.1, -0.05) is 17.7 Å². The molecule has 1 aromatic carbocycles. The van der Waals surface area contributed by atoms with Gasteiger partial charge in [0.25, 0.3) is 5.91 Å². The topological polar surface area (TPSA) is 66.4 Å². The number of carbonyl (C=O) groups excluding carboxylic acids is 1. The quantitative estimate of drug-likeness (QED) is 0.833. The highest BCUT2D eigenvalue weighted by atomic mass is 35.5. The number of nitrogens with one attached hydrogen (secondary N) is 1. The zero-order valence-electron chi connectivity index (χ0n) is 10.4. The number of hydrogen-bond donors (Lipinski definition) is 2. The van der Waals surface area contributed by atoms with Gasteiger partial charge >= 0.3 is 5.97 Å². The fraction of sp³-hybridized carbons (Fsp3) is 0.286. The lowest BCUT2D eigenvalue weighted by Crippen LogP contribution is -2.34. The van der Waals surface area contributed by atoms with Crippen molar-refractivity contribution in [1.82, 2.24) is 5.32 Å². The van der Waals surface area contributed by atoms with E-state index in [1.54, 1.807) is 18.2 Å². The van der Waals surface area contributed by atoms with Crippen molar-refractivity contribution >= 4 is 29.6 Å². The van der Waals surface area contributed by atoms with Crippen LogP contribution in [0.3, 0.4) is 0 Å². The summed E-state index contributed by atoms with van der Waals surface area (Å²) in [6.45, 7) is 2.00. The second-order valence-electron chi connectivity index (χ2n) is 4.92. The number of amides is 1. The summed E-state index contributed by atoms with van der Waals surface area (Å²) >= 11 is 6.02. The van der Waals surface area contributed by atoms with Crippen molar-refractivity contribution in [2.75, 3.05) is 0 Å². The van der Waals surface area contributed by atoms with Crippen molar-refractivity contribution in [3.8, 4) is 0 Å². The van der Waals surface area contributed by atoms with Crippen LogP contribution < -0.4 is 5.32 Å². The molecule has 1 aliphatic rings. The number of rotatable bonds is 4. The minimum atomic E-state index is -1.04. The molecule has 1 saturated carbocycles. The summed E-state index contributed by atoms with van der Waals surface area (Å²) in [7, 11) is 0. The first kappa shape index (κ1) is 13.6. The maximum absolute atomic E-state index is 11.9. The monoisotopic (exact) mass is 279 g/mol. The van der Waals surface area contributed by atoms with Crippen LogP contribution in [0.15, 0.2) is 24.3 Å². The van der Waals surface area contributed by atoms with Crippen LogP contribution in [-0.2, 0) is 4.79 Å². The molecular formula is C14H14ClNO3. The largest absolute Gasteiger partial charge is 0.478 e. The number of benzene rings is 1. The van der Waals surface area contributed by atoms with Crippen LogP contribution in [0.5, 0.6) is 0 Å². The van der Waals surface area contributed by atoms with E-state index in [1.165, 1.54) is 6.08 Å². The summed E-state index contributed by atoms with van der Waals surface area (Å²) in [5, 5.41) is 11.8. The Morgan fingerprint density at radius 1 is 1.42 bits per heavy atom. The molecule has 0 unspecified atom stereocenters. The van der Waals surface area contributed by atoms with Crippen LogP contribution in [0.1, 0.15) is 35.7 Å². The molecule has 0 atom stereocenters. The third-order valence-corrected chi connectivity index (χ3v) is 3.41. The molecule has 0 heterocycles. The molecule has 5 heteroatoms. The molecule has 0 radical (unpaired) electrons. The normalized spacial score (nSPS) is 16.3. The first-order valence-corrected chi connectivity index (χ1v) is 6.30. The van der Waals surface area contributed by atoms with Crippen LogP contribution in [0.25, 0.3) is 6.08 Å². The molecule has 0 bridgehead atoms. The van der Waals surface area contributed by atoms with Gasteiger partial charge in [-0.25, -0.2) is 4.79 Å². The van der Waals surface area contributed by atoms with E-state index in [4.69, 9.17) is 16.7 Å². The Morgan fingerprint density at radius 3 is 2.63 bits per heavy atom. The Morgan fingerprint density at radius 2 is 2.11 bits per heavy atom. The lowest BCUT2D eigenvalue weighted by atomic mass is 10.1. The van der Waals surface area contributed by atoms with Crippen LogP contribution in [0, 0.1) is 0 Å². The van der Waals surface area contributed by atoms with E-state index in [-0.39, 0.29) is 11.4 Å². The predicted octanol–water partition coefficient (Wildman–Crippen LogP) is 2.72. The molecule has 0 spiro atoms. The Balaban J connectivity index is 2.14. The molecule has 1 amide bonds. The van der Waals surface area contributed by atoms with E-state index in [2.05, 4.69) is 5.32 Å². The van der Waals surface area contributed by atoms with Gasteiger partial charge in [-0.05, 0) is 43.5 Å². The van der Waals surface area contributed by atoms with Crippen LogP contribution in [0.4, 0.5) is 0 Å². The van der Waals surface area contributed by atoms with Crippen LogP contribution in [-0.4, -0.2) is 22.5 Å². The zero-order valence-corrected chi connectivity index (χ0v) is 11.2. The average Bonchev–Trinajstić information content (AvgIpc) is 3.04. The number of aliphatic carboxylic acids is 1. The van der Waals surface area contributed by atoms with Gasteiger partial charge < -0.3 is 10.4 Å². The van der Waals surface area contributed by atoms with Gasteiger partial charge in [0.2, 0.25) is 0 Å². The molecule has 19 heavy (non-hydrogen) atoms. The van der Waals surface area contributed by atoms with Crippen molar-refractivity contribution in [3.05, 3.63) is 40.4 Å². The fourth-order valence-corrected chi connectivity index (χ4v) is 1.87. The minimum Gasteiger partial charge on any atom is -0.478 e. The Labute approximate surface area is 116 Å². The minimum absolute atomic E-state index is 0.0779. The summed E-state index contributed by atoms with van der Waals surface area (Å²) in [5.41, 5.74) is 0.967. The number of halogens is 1. The second-order valence-corrected chi connectivity index (χ2v) is 5.33. The molecule has 4 nitrogen and oxygen atoms in total. The summed E-state index contributed by atoms with van der Waals surface area (Å²) in [6.07, 6.45) is 4.39. The SMILES string of the molecule is CC1(NC(=O)c2ccc(/C=C/C(=O)O)c(Cl)c2)CC1. The summed E-state index contributed by atoms with van der Waals surface area (Å²) < 4.78 is 0. The Hall–Kier alpha value is -1.81. The maximum Gasteiger partial charge on any atom is 0.328 e. The highest BCUT2D eigenvalue weighted by molar-refractivity contribution is 6.32. The Kier molecular flexibility index (Phi) is 3.62. The second kappa shape index (κ2) is 5.05. The van der Waals surface area contributed by atoms with Crippen molar-refractivity contribution in [2.45, 2.75) is 25.3 Å².